The minimum Gasteiger partial charge on any atom is -1.00 e. The lowest BCUT2D eigenvalue weighted by Gasteiger charge is -2.00. The Morgan fingerprint density at radius 2 is 1.39 bits per heavy atom. The normalized spacial score (nSPS) is 14.5. The van der Waals surface area contributed by atoms with Crippen molar-refractivity contribution in [1.29, 1.82) is 0 Å². The molecule has 0 atom stereocenters. The zero-order valence-electron chi connectivity index (χ0n) is 8.75. The van der Waals surface area contributed by atoms with E-state index in [0.29, 0.717) is 0 Å². The predicted octanol–water partition coefficient (Wildman–Crippen LogP) is -4.82. The van der Waals surface area contributed by atoms with Crippen LogP contribution in [0.5, 0.6) is 0 Å². The van der Waals surface area contributed by atoms with E-state index in [1.165, 1.54) is 24.6 Å². The molecule has 2 heterocycles. The van der Waals surface area contributed by atoms with Crippen LogP contribution in [0.1, 0.15) is 0 Å². The molecule has 18 heavy (non-hydrogen) atoms. The van der Waals surface area contributed by atoms with E-state index in [0.717, 1.165) is 0 Å². The van der Waals surface area contributed by atoms with Gasteiger partial charge in [0.25, 0.3) is 0 Å². The topological polar surface area (TPSA) is 60.2 Å². The summed E-state index contributed by atoms with van der Waals surface area (Å²) < 4.78 is 21.1. The molecule has 8 heteroatoms. The second kappa shape index (κ2) is 8.53. The van der Waals surface area contributed by atoms with Crippen molar-refractivity contribution >= 4 is 23.2 Å². The van der Waals surface area contributed by atoms with Crippen molar-refractivity contribution in [1.82, 2.24) is 0 Å². The Morgan fingerprint density at radius 1 is 0.944 bits per heavy atom. The largest absolute Gasteiger partial charge is 1.00 e. The van der Waals surface area contributed by atoms with Crippen LogP contribution in [0.3, 0.4) is 0 Å². The minimum atomic E-state index is -1.97. The van der Waals surface area contributed by atoms with Crippen LogP contribution in [-0.4, -0.2) is 16.0 Å². The van der Waals surface area contributed by atoms with E-state index in [2.05, 4.69) is 22.1 Å². The summed E-state index contributed by atoms with van der Waals surface area (Å²) in [5.41, 5.74) is 0. The average molecular weight is 305 g/mol. The Kier molecular flexibility index (Phi) is 7.79. The van der Waals surface area contributed by atoms with E-state index in [4.69, 9.17) is 8.37 Å². The van der Waals surface area contributed by atoms with E-state index in [-0.39, 0.29) is 36.6 Å². The van der Waals surface area contributed by atoms with Crippen molar-refractivity contribution in [3.8, 4) is 0 Å². The lowest BCUT2D eigenvalue weighted by atomic mass is 10.4. The second-order valence-electron chi connectivity index (χ2n) is 2.56. The third kappa shape index (κ3) is 5.19. The summed E-state index contributed by atoms with van der Waals surface area (Å²) >= 11 is -1.97. The van der Waals surface area contributed by atoms with Crippen molar-refractivity contribution in [2.24, 2.45) is 9.98 Å². The summed E-state index contributed by atoms with van der Waals surface area (Å²) in [6.07, 6.45) is 14.5. The van der Waals surface area contributed by atoms with Gasteiger partial charge in [-0.2, -0.15) is 14.2 Å². The molecular formula is C10H6Cl2N2O3S. The summed E-state index contributed by atoms with van der Waals surface area (Å²) in [7, 11) is 0. The molecule has 0 aromatic heterocycles. The number of nitrogens with zero attached hydrogens (tertiary/aromatic N) is 2. The van der Waals surface area contributed by atoms with Crippen molar-refractivity contribution in [3.05, 3.63) is 48.9 Å². The molecule has 0 bridgehead atoms. The van der Waals surface area contributed by atoms with Gasteiger partial charge in [-0.1, -0.05) is 0 Å². The highest BCUT2D eigenvalue weighted by Crippen LogP contribution is 2.02. The SMILES string of the molecule is O=S(OC1=NC=[C+]C=C1)OC1=NC=[C+]C=C1.[Cl-].[Cl-]. The van der Waals surface area contributed by atoms with Crippen LogP contribution in [0.25, 0.3) is 0 Å². The lowest BCUT2D eigenvalue weighted by Crippen LogP contribution is -3.00. The van der Waals surface area contributed by atoms with Crippen LogP contribution < -0.4 is 24.8 Å². The highest BCUT2D eigenvalue weighted by atomic mass is 35.5. The van der Waals surface area contributed by atoms with Gasteiger partial charge < -0.3 is 33.2 Å². The molecule has 0 aliphatic carbocycles. The molecule has 0 unspecified atom stereocenters. The fraction of sp³-hybridized carbons (Fsp3) is 0. The van der Waals surface area contributed by atoms with Crippen molar-refractivity contribution in [2.75, 3.05) is 0 Å². The number of allylic oxidation sites excluding steroid dienone is 4. The summed E-state index contributed by atoms with van der Waals surface area (Å²) in [5, 5.41) is 0. The van der Waals surface area contributed by atoms with Crippen molar-refractivity contribution in [2.45, 2.75) is 0 Å². The van der Waals surface area contributed by atoms with Gasteiger partial charge in [0.15, 0.2) is 24.6 Å². The maximum absolute atomic E-state index is 11.3. The molecule has 2 rings (SSSR count). The molecule has 0 spiro atoms. The Bertz CT molecular complexity index is 440. The van der Waals surface area contributed by atoms with Gasteiger partial charge in [0, 0.05) is 0 Å². The standard InChI is InChI=1S/C10H6N2O3S.2ClH/c13-16(14-9-5-1-3-7-11-9)15-10-6-2-4-8-12-10;;/h1-2,5-8H;2*1H/q+2;;/p-2. The van der Waals surface area contributed by atoms with Gasteiger partial charge in [0.2, 0.25) is 0 Å². The van der Waals surface area contributed by atoms with Crippen molar-refractivity contribution in [3.63, 3.8) is 0 Å². The average Bonchev–Trinajstić information content (AvgIpc) is 2.31. The van der Waals surface area contributed by atoms with Gasteiger partial charge in [-0.3, -0.25) is 0 Å². The maximum atomic E-state index is 11.3. The Balaban J connectivity index is 0.00000144. The van der Waals surface area contributed by atoms with E-state index in [9.17, 15) is 4.21 Å². The lowest BCUT2D eigenvalue weighted by molar-refractivity contribution is -0.001000. The van der Waals surface area contributed by atoms with E-state index in [1.807, 2.05) is 0 Å². The molecule has 0 amide bonds. The van der Waals surface area contributed by atoms with Gasteiger partial charge in [0.1, 0.15) is 24.3 Å². The molecule has 0 saturated carbocycles. The molecule has 0 aromatic rings. The Labute approximate surface area is 119 Å². The highest BCUT2D eigenvalue weighted by Gasteiger charge is 2.16. The molecule has 2 aliphatic heterocycles. The Morgan fingerprint density at radius 3 is 1.72 bits per heavy atom. The molecule has 5 nitrogen and oxygen atoms in total. The monoisotopic (exact) mass is 304 g/mol. The third-order valence-electron chi connectivity index (χ3n) is 1.48. The molecule has 0 aromatic carbocycles. The predicted molar refractivity (Wildman–Crippen MR) is 59.1 cm³/mol. The zero-order valence-corrected chi connectivity index (χ0v) is 11.1. The first-order chi connectivity index (χ1) is 7.84. The summed E-state index contributed by atoms with van der Waals surface area (Å²) in [4.78, 5) is 7.57. The number of hydrogen-bond acceptors (Lipinski definition) is 5. The van der Waals surface area contributed by atoms with Gasteiger partial charge in [-0.15, -0.1) is 0 Å². The molecule has 94 valence electrons. The number of aliphatic imine (C=N–C) groups is 2. The minimum absolute atomic E-state index is 0. The van der Waals surface area contributed by atoms with E-state index >= 15 is 0 Å². The number of hydrogen-bond donors (Lipinski definition) is 0. The molecule has 0 fully saturated rings. The molecule has 2 aliphatic rings. The van der Waals surface area contributed by atoms with Crippen LogP contribution in [0.15, 0.2) is 46.7 Å². The first-order valence-corrected chi connectivity index (χ1v) is 5.27. The van der Waals surface area contributed by atoms with Crippen LogP contribution in [0.2, 0.25) is 0 Å². The maximum Gasteiger partial charge on any atom is 0.423 e. The molecular weight excluding hydrogens is 299 g/mol. The fourth-order valence-corrected chi connectivity index (χ4v) is 1.38. The summed E-state index contributed by atoms with van der Waals surface area (Å²) in [6, 6.07) is 0. The summed E-state index contributed by atoms with van der Waals surface area (Å²) in [6.45, 7) is 0. The summed E-state index contributed by atoms with van der Waals surface area (Å²) in [5.74, 6) is 0.388. The van der Waals surface area contributed by atoms with E-state index < -0.39 is 11.4 Å². The number of rotatable bonds is 2. The van der Waals surface area contributed by atoms with Gasteiger partial charge in [-0.25, -0.2) is 0 Å². The second-order valence-corrected chi connectivity index (χ2v) is 3.31. The smallest absolute Gasteiger partial charge is 0.423 e. The van der Waals surface area contributed by atoms with Crippen LogP contribution in [-0.2, 0) is 19.7 Å². The first-order valence-electron chi connectivity index (χ1n) is 4.27. The highest BCUT2D eigenvalue weighted by molar-refractivity contribution is 7.76. The van der Waals surface area contributed by atoms with Gasteiger partial charge in [-0.05, 0) is 0 Å². The van der Waals surface area contributed by atoms with Gasteiger partial charge >= 0.3 is 23.2 Å². The van der Waals surface area contributed by atoms with Crippen LogP contribution in [0, 0.1) is 12.2 Å². The van der Waals surface area contributed by atoms with Crippen molar-refractivity contribution < 1.29 is 37.4 Å². The zero-order chi connectivity index (χ0) is 11.2. The van der Waals surface area contributed by atoms with Gasteiger partial charge in [0.05, 0.1) is 0 Å². The molecule has 0 radical (unpaired) electrons. The number of halogens is 2. The molecule has 0 N–H and O–H groups in total. The quantitative estimate of drug-likeness (QED) is 0.481. The first kappa shape index (κ1) is 16.4. The fourth-order valence-electron chi connectivity index (χ4n) is 0.868. The molecule has 0 saturated heterocycles. The third-order valence-corrected chi connectivity index (χ3v) is 2.10. The van der Waals surface area contributed by atoms with E-state index in [1.54, 1.807) is 12.2 Å². The van der Waals surface area contributed by atoms with Crippen LogP contribution >= 0.6 is 0 Å². The Hall–Kier alpha value is -1.55. The van der Waals surface area contributed by atoms with Crippen LogP contribution in [0.4, 0.5) is 0 Å².